The molecule has 0 amide bonds. The van der Waals surface area contributed by atoms with Gasteiger partial charge in [0.15, 0.2) is 5.16 Å². The second-order valence-electron chi connectivity index (χ2n) is 2.86. The summed E-state index contributed by atoms with van der Waals surface area (Å²) < 4.78 is 0. The van der Waals surface area contributed by atoms with Gasteiger partial charge in [0.2, 0.25) is 0 Å². The average Bonchev–Trinajstić information content (AvgIpc) is 2.08. The van der Waals surface area contributed by atoms with Gasteiger partial charge in [-0.25, -0.2) is 9.97 Å². The van der Waals surface area contributed by atoms with E-state index in [4.69, 9.17) is 5.73 Å². The molecule has 0 bridgehead atoms. The number of nitrogens with zero attached hydrogens (tertiary/aromatic N) is 2. The molecule has 72 valence electrons. The first-order valence-corrected chi connectivity index (χ1v) is 4.90. The summed E-state index contributed by atoms with van der Waals surface area (Å²) in [4.78, 5) is 8.03. The third-order valence-electron chi connectivity index (χ3n) is 1.62. The second kappa shape index (κ2) is 4.43. The van der Waals surface area contributed by atoms with E-state index < -0.39 is 0 Å². The molecule has 0 saturated carbocycles. The minimum Gasteiger partial charge on any atom is -0.396 e. The Morgan fingerprint density at radius 1 is 1.38 bits per heavy atom. The lowest BCUT2D eigenvalue weighted by atomic mass is 10.3. The molecule has 0 fully saturated rings. The normalized spacial score (nSPS) is 15.3. The molecule has 4 nitrogen and oxygen atoms in total. The predicted molar refractivity (Wildman–Crippen MR) is 53.4 cm³/mol. The fraction of sp³-hybridized carbons (Fsp3) is 0.500. The van der Waals surface area contributed by atoms with Crippen LogP contribution in [0.3, 0.4) is 0 Å². The van der Waals surface area contributed by atoms with Crippen LogP contribution in [0.25, 0.3) is 0 Å². The van der Waals surface area contributed by atoms with Crippen LogP contribution in [0.5, 0.6) is 0 Å². The maximum Gasteiger partial charge on any atom is 0.187 e. The molecule has 2 unspecified atom stereocenters. The molecule has 5 heteroatoms. The number of aromatic nitrogens is 2. The molecule has 13 heavy (non-hydrogen) atoms. The van der Waals surface area contributed by atoms with Crippen molar-refractivity contribution in [3.8, 4) is 0 Å². The van der Waals surface area contributed by atoms with Crippen LogP contribution in [-0.2, 0) is 0 Å². The zero-order valence-corrected chi connectivity index (χ0v) is 8.45. The van der Waals surface area contributed by atoms with Gasteiger partial charge in [-0.05, 0) is 6.92 Å². The molecule has 1 aromatic heterocycles. The van der Waals surface area contributed by atoms with Crippen molar-refractivity contribution in [1.82, 2.24) is 9.97 Å². The summed E-state index contributed by atoms with van der Waals surface area (Å²) in [6, 6.07) is 0. The molecule has 0 spiro atoms. The highest BCUT2D eigenvalue weighted by Gasteiger charge is 2.11. The van der Waals surface area contributed by atoms with E-state index in [1.807, 2.05) is 6.92 Å². The smallest absolute Gasteiger partial charge is 0.187 e. The standard InChI is InChI=1S/C8H13N3OS/c1-5(12)6(2)13-8-10-3-7(9)4-11-8/h3-6,12H,9H2,1-2H3. The lowest BCUT2D eigenvalue weighted by Gasteiger charge is -2.12. The van der Waals surface area contributed by atoms with Gasteiger partial charge in [0.05, 0.1) is 24.2 Å². The minimum absolute atomic E-state index is 0.0867. The quantitative estimate of drug-likeness (QED) is 0.559. The van der Waals surface area contributed by atoms with Crippen molar-refractivity contribution in [1.29, 1.82) is 0 Å². The van der Waals surface area contributed by atoms with E-state index in [1.165, 1.54) is 11.8 Å². The van der Waals surface area contributed by atoms with Crippen molar-refractivity contribution >= 4 is 17.4 Å². The lowest BCUT2D eigenvalue weighted by Crippen LogP contribution is -2.15. The van der Waals surface area contributed by atoms with Gasteiger partial charge in [-0.3, -0.25) is 0 Å². The fourth-order valence-corrected chi connectivity index (χ4v) is 1.41. The van der Waals surface area contributed by atoms with Crippen molar-refractivity contribution in [2.45, 2.75) is 30.4 Å². The summed E-state index contributed by atoms with van der Waals surface area (Å²) in [5.74, 6) is 0. The van der Waals surface area contributed by atoms with Crippen molar-refractivity contribution < 1.29 is 5.11 Å². The van der Waals surface area contributed by atoms with E-state index >= 15 is 0 Å². The topological polar surface area (TPSA) is 72.0 Å². The third-order valence-corrected chi connectivity index (χ3v) is 2.81. The molecule has 2 atom stereocenters. The first-order valence-electron chi connectivity index (χ1n) is 4.02. The highest BCUT2D eigenvalue weighted by atomic mass is 32.2. The summed E-state index contributed by atoms with van der Waals surface area (Å²) >= 11 is 1.43. The Bertz CT molecular complexity index is 263. The van der Waals surface area contributed by atoms with Gasteiger partial charge in [0.1, 0.15) is 0 Å². The number of hydrogen-bond donors (Lipinski definition) is 2. The third kappa shape index (κ3) is 3.20. The maximum atomic E-state index is 9.24. The number of aliphatic hydroxyl groups excluding tert-OH is 1. The number of nitrogen functional groups attached to an aromatic ring is 1. The zero-order chi connectivity index (χ0) is 9.84. The molecule has 1 rings (SSSR count). The van der Waals surface area contributed by atoms with Gasteiger partial charge in [0.25, 0.3) is 0 Å². The van der Waals surface area contributed by atoms with Gasteiger partial charge >= 0.3 is 0 Å². The van der Waals surface area contributed by atoms with E-state index in [1.54, 1.807) is 19.3 Å². The molecule has 0 radical (unpaired) electrons. The van der Waals surface area contributed by atoms with Gasteiger partial charge < -0.3 is 10.8 Å². The summed E-state index contributed by atoms with van der Waals surface area (Å²) in [6.07, 6.45) is 2.75. The second-order valence-corrected chi connectivity index (χ2v) is 4.21. The highest BCUT2D eigenvalue weighted by Crippen LogP contribution is 2.21. The van der Waals surface area contributed by atoms with E-state index in [9.17, 15) is 5.11 Å². The monoisotopic (exact) mass is 199 g/mol. The van der Waals surface area contributed by atoms with Crippen LogP contribution in [0.4, 0.5) is 5.69 Å². The summed E-state index contributed by atoms with van der Waals surface area (Å²) in [5, 5.41) is 9.96. The Kier molecular flexibility index (Phi) is 3.50. The first kappa shape index (κ1) is 10.3. The van der Waals surface area contributed by atoms with E-state index in [2.05, 4.69) is 9.97 Å². The Labute approximate surface area is 81.6 Å². The molecule has 3 N–H and O–H groups in total. The van der Waals surface area contributed by atoms with Crippen molar-refractivity contribution in [2.24, 2.45) is 0 Å². The Morgan fingerprint density at radius 2 is 1.92 bits per heavy atom. The van der Waals surface area contributed by atoms with Crippen molar-refractivity contribution in [3.63, 3.8) is 0 Å². The van der Waals surface area contributed by atoms with Crippen LogP contribution in [0.2, 0.25) is 0 Å². The molecule has 0 aliphatic heterocycles. The zero-order valence-electron chi connectivity index (χ0n) is 7.64. The fourth-order valence-electron chi connectivity index (χ4n) is 0.652. The van der Waals surface area contributed by atoms with E-state index in [0.717, 1.165) is 0 Å². The minimum atomic E-state index is -0.369. The van der Waals surface area contributed by atoms with Crippen LogP contribution >= 0.6 is 11.8 Å². The van der Waals surface area contributed by atoms with Gasteiger partial charge in [-0.1, -0.05) is 18.7 Å². The average molecular weight is 199 g/mol. The Morgan fingerprint density at radius 3 is 2.38 bits per heavy atom. The molecule has 0 aromatic carbocycles. The largest absolute Gasteiger partial charge is 0.396 e. The van der Waals surface area contributed by atoms with Gasteiger partial charge in [-0.2, -0.15) is 0 Å². The number of hydrogen-bond acceptors (Lipinski definition) is 5. The molecule has 1 aromatic rings. The van der Waals surface area contributed by atoms with E-state index in [-0.39, 0.29) is 11.4 Å². The highest BCUT2D eigenvalue weighted by molar-refractivity contribution is 7.99. The summed E-state index contributed by atoms with van der Waals surface area (Å²) in [6.45, 7) is 3.67. The summed E-state index contributed by atoms with van der Waals surface area (Å²) in [5.41, 5.74) is 5.98. The number of nitrogens with two attached hydrogens (primary N) is 1. The van der Waals surface area contributed by atoms with Crippen molar-refractivity contribution in [3.05, 3.63) is 12.4 Å². The van der Waals surface area contributed by atoms with E-state index in [0.29, 0.717) is 10.8 Å². The number of thioether (sulfide) groups is 1. The van der Waals surface area contributed by atoms with Crippen LogP contribution in [0, 0.1) is 0 Å². The SMILES string of the molecule is CC(O)C(C)Sc1ncc(N)cn1. The number of anilines is 1. The van der Waals surface area contributed by atoms with Crippen LogP contribution in [0.1, 0.15) is 13.8 Å². The molecule has 0 aliphatic carbocycles. The van der Waals surface area contributed by atoms with Crippen molar-refractivity contribution in [2.75, 3.05) is 5.73 Å². The maximum absolute atomic E-state index is 9.24. The number of rotatable bonds is 3. The van der Waals surface area contributed by atoms with Crippen LogP contribution in [0.15, 0.2) is 17.6 Å². The van der Waals surface area contributed by atoms with Crippen LogP contribution < -0.4 is 5.73 Å². The summed E-state index contributed by atoms with van der Waals surface area (Å²) in [7, 11) is 0. The van der Waals surface area contributed by atoms with Gasteiger partial charge in [0, 0.05) is 5.25 Å². The molecular formula is C8H13N3OS. The lowest BCUT2D eigenvalue weighted by molar-refractivity contribution is 0.196. The Balaban J connectivity index is 2.59. The molecular weight excluding hydrogens is 186 g/mol. The van der Waals surface area contributed by atoms with Crippen LogP contribution in [-0.4, -0.2) is 26.4 Å². The number of aliphatic hydroxyl groups is 1. The predicted octanol–water partition coefficient (Wildman–Crippen LogP) is 0.920. The molecule has 0 aliphatic rings. The van der Waals surface area contributed by atoms with Gasteiger partial charge in [-0.15, -0.1) is 0 Å². The molecule has 1 heterocycles. The Hall–Kier alpha value is -0.810. The first-order chi connectivity index (χ1) is 6.09. The molecule has 0 saturated heterocycles.